The Balaban J connectivity index is 1.75. The zero-order valence-electron chi connectivity index (χ0n) is 17.4. The highest BCUT2D eigenvalue weighted by Crippen LogP contribution is 2.43. The van der Waals surface area contributed by atoms with E-state index in [2.05, 4.69) is 34.4 Å². The van der Waals surface area contributed by atoms with Crippen molar-refractivity contribution < 1.29 is 24.2 Å². The van der Waals surface area contributed by atoms with Crippen LogP contribution >= 0.6 is 15.9 Å². The second-order valence-electron chi connectivity index (χ2n) is 7.61. The number of Topliss-reactive ketones (excluding diaryl/α,β-unsaturated/α-hetero) is 2. The highest BCUT2D eigenvalue weighted by atomic mass is 79.9. The number of benzene rings is 2. The Kier molecular flexibility index (Phi) is 5.93. The smallest absolute Gasteiger partial charge is 0.335 e. The first-order valence-electron chi connectivity index (χ1n) is 10.2. The Bertz CT molecular complexity index is 1300. The molecule has 0 saturated carbocycles. The molecule has 1 unspecified atom stereocenters. The first-order chi connectivity index (χ1) is 15.3. The summed E-state index contributed by atoms with van der Waals surface area (Å²) < 4.78 is 5.46. The Morgan fingerprint density at radius 1 is 1.19 bits per heavy atom. The number of hydrogen-bond donors (Lipinski definition) is 1. The van der Waals surface area contributed by atoms with Gasteiger partial charge in [0, 0.05) is 22.6 Å². The maximum absolute atomic E-state index is 13.1. The average molecular weight is 494 g/mol. The van der Waals surface area contributed by atoms with Crippen molar-refractivity contribution in [1.29, 1.82) is 0 Å². The zero-order chi connectivity index (χ0) is 23.0. The molecule has 4 rings (SSSR count). The van der Waals surface area contributed by atoms with Crippen LogP contribution in [0.4, 0.5) is 0 Å². The standard InChI is InChI=1S/C25H20BrNO5/c1-3-5-6-13-7-10-18-17(11-13)21(26)25(31)22(27-18)20-23(29)15-9-8-14(32-19(28)4-2)12-16(15)24(20)30/h4,7-12,20,31H,2-3,5-6H2,1H3. The van der Waals surface area contributed by atoms with E-state index in [1.165, 1.54) is 18.2 Å². The van der Waals surface area contributed by atoms with Gasteiger partial charge in [-0.15, -0.1) is 0 Å². The summed E-state index contributed by atoms with van der Waals surface area (Å²) in [6, 6.07) is 9.98. The van der Waals surface area contributed by atoms with Gasteiger partial charge in [0.25, 0.3) is 0 Å². The fraction of sp³-hybridized carbons (Fsp3) is 0.200. The number of halogens is 1. The summed E-state index contributed by atoms with van der Waals surface area (Å²) in [6.45, 7) is 5.46. The molecular weight excluding hydrogens is 474 g/mol. The van der Waals surface area contributed by atoms with Crippen molar-refractivity contribution in [3.05, 3.63) is 75.9 Å². The third kappa shape index (κ3) is 3.73. The third-order valence-electron chi connectivity index (χ3n) is 5.51. The van der Waals surface area contributed by atoms with E-state index in [-0.39, 0.29) is 28.3 Å². The number of rotatable bonds is 6. The number of hydrogen-bond acceptors (Lipinski definition) is 6. The van der Waals surface area contributed by atoms with E-state index in [1.54, 1.807) is 0 Å². The number of nitrogens with zero attached hydrogens (tertiary/aromatic N) is 1. The molecular formula is C25H20BrNO5. The van der Waals surface area contributed by atoms with Crippen LogP contribution in [-0.2, 0) is 11.2 Å². The number of pyridine rings is 1. The maximum Gasteiger partial charge on any atom is 0.335 e. The zero-order valence-corrected chi connectivity index (χ0v) is 18.9. The number of aromatic nitrogens is 1. The predicted molar refractivity (Wildman–Crippen MR) is 123 cm³/mol. The lowest BCUT2D eigenvalue weighted by atomic mass is 9.97. The van der Waals surface area contributed by atoms with Crippen LogP contribution in [0.2, 0.25) is 0 Å². The third-order valence-corrected chi connectivity index (χ3v) is 6.32. The normalized spacial score (nSPS) is 15.1. The van der Waals surface area contributed by atoms with Gasteiger partial charge in [-0.1, -0.05) is 26.0 Å². The summed E-state index contributed by atoms with van der Waals surface area (Å²) in [6.07, 6.45) is 4.04. The molecule has 0 fully saturated rings. The van der Waals surface area contributed by atoms with Crippen LogP contribution in [0.25, 0.3) is 10.9 Å². The topological polar surface area (TPSA) is 93.6 Å². The minimum absolute atomic E-state index is 0.00141. The van der Waals surface area contributed by atoms with E-state index in [4.69, 9.17) is 4.74 Å². The molecule has 0 aliphatic heterocycles. The molecule has 0 radical (unpaired) electrons. The van der Waals surface area contributed by atoms with Crippen molar-refractivity contribution in [2.45, 2.75) is 32.1 Å². The van der Waals surface area contributed by atoms with Crippen LogP contribution < -0.4 is 4.74 Å². The molecule has 0 amide bonds. The predicted octanol–water partition coefficient (Wildman–Crippen LogP) is 5.30. The number of fused-ring (bicyclic) bond motifs is 2. The number of carbonyl (C=O) groups excluding carboxylic acids is 3. The quantitative estimate of drug-likeness (QED) is 0.216. The summed E-state index contributed by atoms with van der Waals surface area (Å²) in [7, 11) is 0. The molecule has 1 heterocycles. The second-order valence-corrected chi connectivity index (χ2v) is 8.40. The summed E-state index contributed by atoms with van der Waals surface area (Å²) in [5.74, 6) is -3.00. The molecule has 1 aliphatic carbocycles. The van der Waals surface area contributed by atoms with Crippen LogP contribution in [0.1, 0.15) is 57.7 Å². The Hall–Kier alpha value is -3.32. The first kappa shape index (κ1) is 21.9. The van der Waals surface area contributed by atoms with Crippen LogP contribution in [0, 0.1) is 0 Å². The Morgan fingerprint density at radius 3 is 2.66 bits per heavy atom. The number of aryl methyl sites for hydroxylation is 1. The van der Waals surface area contributed by atoms with E-state index >= 15 is 0 Å². The van der Waals surface area contributed by atoms with Gasteiger partial charge in [0.05, 0.1) is 9.99 Å². The Labute approximate surface area is 193 Å². The van der Waals surface area contributed by atoms with Crippen molar-refractivity contribution in [3.63, 3.8) is 0 Å². The molecule has 6 nitrogen and oxygen atoms in total. The lowest BCUT2D eigenvalue weighted by Gasteiger charge is -2.13. The molecule has 32 heavy (non-hydrogen) atoms. The SMILES string of the molecule is C=CC(=O)Oc1ccc2c(c1)C(=O)C(c1nc3ccc(CCCC)cc3c(Br)c1O)C2=O. The van der Waals surface area contributed by atoms with Gasteiger partial charge in [0.1, 0.15) is 17.4 Å². The average Bonchev–Trinajstić information content (AvgIpc) is 3.04. The van der Waals surface area contributed by atoms with Crippen molar-refractivity contribution in [2.24, 2.45) is 0 Å². The van der Waals surface area contributed by atoms with E-state index in [9.17, 15) is 19.5 Å². The lowest BCUT2D eigenvalue weighted by Crippen LogP contribution is -2.15. The van der Waals surface area contributed by atoms with Gasteiger partial charge in [0.2, 0.25) is 0 Å². The number of carbonyl (C=O) groups is 3. The van der Waals surface area contributed by atoms with E-state index in [1.807, 2.05) is 18.2 Å². The van der Waals surface area contributed by atoms with Crippen LogP contribution in [0.3, 0.4) is 0 Å². The monoisotopic (exact) mass is 493 g/mol. The molecule has 1 atom stereocenters. The maximum atomic E-state index is 13.1. The summed E-state index contributed by atoms with van der Waals surface area (Å²) >= 11 is 3.42. The highest BCUT2D eigenvalue weighted by molar-refractivity contribution is 9.10. The van der Waals surface area contributed by atoms with Gasteiger partial charge in [-0.05, 0) is 64.7 Å². The fourth-order valence-corrected chi connectivity index (χ4v) is 4.38. The van der Waals surface area contributed by atoms with Crippen LogP contribution in [0.5, 0.6) is 11.5 Å². The molecule has 2 aromatic carbocycles. The minimum Gasteiger partial charge on any atom is -0.505 e. The van der Waals surface area contributed by atoms with Gasteiger partial charge in [-0.3, -0.25) is 9.59 Å². The van der Waals surface area contributed by atoms with Crippen LogP contribution in [0.15, 0.2) is 53.5 Å². The number of aromatic hydroxyl groups is 1. The molecule has 1 aromatic heterocycles. The number of esters is 1. The molecule has 7 heteroatoms. The molecule has 1 N–H and O–H groups in total. The van der Waals surface area contributed by atoms with Crippen molar-refractivity contribution in [3.8, 4) is 11.5 Å². The van der Waals surface area contributed by atoms with Crippen molar-refractivity contribution in [2.75, 3.05) is 0 Å². The molecule has 0 spiro atoms. The summed E-state index contributed by atoms with van der Waals surface area (Å²) in [4.78, 5) is 42.1. The van der Waals surface area contributed by atoms with E-state index in [0.29, 0.717) is 15.4 Å². The number of ketones is 2. The van der Waals surface area contributed by atoms with E-state index in [0.717, 1.165) is 30.9 Å². The number of unbranched alkanes of at least 4 members (excludes halogenated alkanes) is 1. The first-order valence-corrected chi connectivity index (χ1v) is 11.0. The van der Waals surface area contributed by atoms with Crippen molar-refractivity contribution >= 4 is 44.4 Å². The Morgan fingerprint density at radius 2 is 1.94 bits per heavy atom. The van der Waals surface area contributed by atoms with Crippen LogP contribution in [-0.4, -0.2) is 27.6 Å². The largest absolute Gasteiger partial charge is 0.505 e. The lowest BCUT2D eigenvalue weighted by molar-refractivity contribution is -0.128. The van der Waals surface area contributed by atoms with E-state index < -0.39 is 23.5 Å². The van der Waals surface area contributed by atoms with Gasteiger partial charge in [-0.25, -0.2) is 9.78 Å². The van der Waals surface area contributed by atoms with Gasteiger partial charge < -0.3 is 9.84 Å². The highest BCUT2D eigenvalue weighted by Gasteiger charge is 2.42. The molecule has 0 bridgehead atoms. The fourth-order valence-electron chi connectivity index (χ4n) is 3.86. The number of ether oxygens (including phenoxy) is 1. The second kappa shape index (κ2) is 8.67. The van der Waals surface area contributed by atoms with Gasteiger partial charge in [-0.2, -0.15) is 0 Å². The summed E-state index contributed by atoms with van der Waals surface area (Å²) in [5.41, 5.74) is 2.02. The van der Waals surface area contributed by atoms with Gasteiger partial charge >= 0.3 is 5.97 Å². The molecule has 0 saturated heterocycles. The van der Waals surface area contributed by atoms with Crippen molar-refractivity contribution in [1.82, 2.24) is 4.98 Å². The molecule has 3 aromatic rings. The minimum atomic E-state index is -1.27. The van der Waals surface area contributed by atoms with Gasteiger partial charge in [0.15, 0.2) is 17.3 Å². The molecule has 162 valence electrons. The summed E-state index contributed by atoms with van der Waals surface area (Å²) in [5, 5.41) is 11.6. The molecule has 1 aliphatic rings.